The van der Waals surface area contributed by atoms with Gasteiger partial charge < -0.3 is 9.64 Å². The van der Waals surface area contributed by atoms with Crippen molar-refractivity contribution in [3.8, 4) is 0 Å². The summed E-state index contributed by atoms with van der Waals surface area (Å²) in [7, 11) is 0. The molecule has 0 spiro atoms. The van der Waals surface area contributed by atoms with Crippen LogP contribution < -0.4 is 4.90 Å². The molecule has 23 heavy (non-hydrogen) atoms. The number of pyridine rings is 1. The number of morpholine rings is 1. The van der Waals surface area contributed by atoms with Crippen molar-refractivity contribution in [3.63, 3.8) is 0 Å². The average molecular weight is 304 g/mol. The highest BCUT2D eigenvalue weighted by Crippen LogP contribution is 2.28. The Morgan fingerprint density at radius 2 is 2.00 bits per heavy atom. The van der Waals surface area contributed by atoms with Gasteiger partial charge in [0, 0.05) is 30.4 Å². The largest absolute Gasteiger partial charge is 0.378 e. The lowest BCUT2D eigenvalue weighted by atomic mass is 10.0. The molecule has 0 atom stereocenters. The number of ether oxygens (including phenoxy) is 1. The van der Waals surface area contributed by atoms with Crippen molar-refractivity contribution in [2.45, 2.75) is 6.54 Å². The third-order valence-corrected chi connectivity index (χ3v) is 4.23. The standard InChI is InChI=1S/C18H16N4O/c1-19-15-2-3-16-14(10-15)12-21-18(16)13-4-5-20-17(11-13)22-6-8-23-9-7-22/h2-5,10-11H,6-9,12H2. The van der Waals surface area contributed by atoms with Gasteiger partial charge in [-0.2, -0.15) is 0 Å². The minimum absolute atomic E-state index is 0.642. The minimum atomic E-state index is 0.642. The maximum absolute atomic E-state index is 7.13. The molecule has 5 heteroatoms. The molecule has 0 aliphatic carbocycles. The van der Waals surface area contributed by atoms with E-state index in [1.54, 1.807) is 0 Å². The second-order valence-corrected chi connectivity index (χ2v) is 5.62. The van der Waals surface area contributed by atoms with E-state index in [-0.39, 0.29) is 0 Å². The number of aromatic nitrogens is 1. The Balaban J connectivity index is 1.66. The number of nitrogens with zero attached hydrogens (tertiary/aromatic N) is 4. The van der Waals surface area contributed by atoms with Gasteiger partial charge in [0.25, 0.3) is 0 Å². The van der Waals surface area contributed by atoms with E-state index in [1.807, 2.05) is 30.5 Å². The summed E-state index contributed by atoms with van der Waals surface area (Å²) in [6.45, 7) is 11.0. The Hall–Kier alpha value is -2.71. The third kappa shape index (κ3) is 2.58. The van der Waals surface area contributed by atoms with Gasteiger partial charge in [0.2, 0.25) is 0 Å². The molecular formula is C18H16N4O. The summed E-state index contributed by atoms with van der Waals surface area (Å²) in [5.41, 5.74) is 4.99. The van der Waals surface area contributed by atoms with Crippen LogP contribution in [0.4, 0.5) is 11.5 Å². The van der Waals surface area contributed by atoms with Crippen LogP contribution in [0.3, 0.4) is 0 Å². The monoisotopic (exact) mass is 304 g/mol. The van der Waals surface area contributed by atoms with E-state index in [1.165, 1.54) is 0 Å². The van der Waals surface area contributed by atoms with E-state index < -0.39 is 0 Å². The third-order valence-electron chi connectivity index (χ3n) is 4.23. The lowest BCUT2D eigenvalue weighted by molar-refractivity contribution is 0.122. The quantitative estimate of drug-likeness (QED) is 0.801. The summed E-state index contributed by atoms with van der Waals surface area (Å²) in [5.74, 6) is 0.972. The number of hydrogen-bond acceptors (Lipinski definition) is 4. The molecule has 1 aromatic carbocycles. The molecule has 3 heterocycles. The van der Waals surface area contributed by atoms with Crippen LogP contribution in [0, 0.1) is 6.57 Å². The smallest absolute Gasteiger partial charge is 0.187 e. The molecule has 0 bridgehead atoms. The number of benzene rings is 1. The average Bonchev–Trinajstić information content (AvgIpc) is 3.05. The SMILES string of the molecule is [C-]#[N+]c1ccc2c(c1)CN=C2c1ccnc(N2CCOCC2)c1. The Morgan fingerprint density at radius 1 is 1.13 bits per heavy atom. The Bertz CT molecular complexity index is 816. The highest BCUT2D eigenvalue weighted by Gasteiger charge is 2.19. The van der Waals surface area contributed by atoms with E-state index in [2.05, 4.69) is 25.8 Å². The first-order valence-electron chi connectivity index (χ1n) is 7.69. The summed E-state index contributed by atoms with van der Waals surface area (Å²) >= 11 is 0. The van der Waals surface area contributed by atoms with Crippen LogP contribution in [0.25, 0.3) is 4.85 Å². The molecule has 1 saturated heterocycles. The second-order valence-electron chi connectivity index (χ2n) is 5.62. The molecule has 2 aliphatic heterocycles. The van der Waals surface area contributed by atoms with Crippen LogP contribution in [0.5, 0.6) is 0 Å². The van der Waals surface area contributed by atoms with Crippen molar-refractivity contribution < 1.29 is 4.74 Å². The molecule has 2 aliphatic rings. The molecule has 4 rings (SSSR count). The number of rotatable bonds is 2. The lowest BCUT2D eigenvalue weighted by Gasteiger charge is -2.28. The van der Waals surface area contributed by atoms with Crippen LogP contribution >= 0.6 is 0 Å². The Morgan fingerprint density at radius 3 is 2.83 bits per heavy atom. The molecule has 5 nitrogen and oxygen atoms in total. The molecule has 0 amide bonds. The maximum Gasteiger partial charge on any atom is 0.187 e. The van der Waals surface area contributed by atoms with Gasteiger partial charge in [-0.15, -0.1) is 0 Å². The van der Waals surface area contributed by atoms with Crippen LogP contribution in [0.1, 0.15) is 16.7 Å². The number of aliphatic imine (C=N–C) groups is 1. The van der Waals surface area contributed by atoms with Gasteiger partial charge >= 0.3 is 0 Å². The summed E-state index contributed by atoms with van der Waals surface area (Å²) in [5, 5.41) is 0. The highest BCUT2D eigenvalue weighted by atomic mass is 16.5. The van der Waals surface area contributed by atoms with Crippen LogP contribution in [-0.2, 0) is 11.3 Å². The summed E-state index contributed by atoms with van der Waals surface area (Å²) in [4.78, 5) is 14.9. The van der Waals surface area contributed by atoms with Gasteiger partial charge in [0.05, 0.1) is 32.0 Å². The maximum atomic E-state index is 7.13. The summed E-state index contributed by atoms with van der Waals surface area (Å²) < 4.78 is 5.40. The zero-order chi connectivity index (χ0) is 15.6. The van der Waals surface area contributed by atoms with E-state index in [9.17, 15) is 0 Å². The van der Waals surface area contributed by atoms with Gasteiger partial charge in [0.15, 0.2) is 5.69 Å². The molecular weight excluding hydrogens is 288 g/mol. The first-order valence-corrected chi connectivity index (χ1v) is 7.69. The van der Waals surface area contributed by atoms with Gasteiger partial charge in [-0.3, -0.25) is 4.99 Å². The van der Waals surface area contributed by atoms with Crippen molar-refractivity contribution in [2.75, 3.05) is 31.2 Å². The second kappa shape index (κ2) is 5.82. The predicted molar refractivity (Wildman–Crippen MR) is 89.3 cm³/mol. The van der Waals surface area contributed by atoms with Gasteiger partial charge in [-0.05, 0) is 17.7 Å². The van der Waals surface area contributed by atoms with Crippen molar-refractivity contribution in [2.24, 2.45) is 4.99 Å². The molecule has 1 aromatic heterocycles. The van der Waals surface area contributed by atoms with Gasteiger partial charge in [0.1, 0.15) is 5.82 Å². The molecule has 0 saturated carbocycles. The van der Waals surface area contributed by atoms with Crippen molar-refractivity contribution in [1.82, 2.24) is 4.98 Å². The molecule has 0 unspecified atom stereocenters. The molecule has 114 valence electrons. The zero-order valence-electron chi connectivity index (χ0n) is 12.7. The number of anilines is 1. The van der Waals surface area contributed by atoms with Crippen molar-refractivity contribution in [3.05, 3.63) is 64.6 Å². The summed E-state index contributed by atoms with van der Waals surface area (Å²) in [6, 6.07) is 9.89. The van der Waals surface area contributed by atoms with E-state index in [0.29, 0.717) is 12.2 Å². The first-order chi connectivity index (χ1) is 11.3. The fourth-order valence-electron chi connectivity index (χ4n) is 3.04. The van der Waals surface area contributed by atoms with Crippen LogP contribution in [-0.4, -0.2) is 37.0 Å². The van der Waals surface area contributed by atoms with Crippen LogP contribution in [0.15, 0.2) is 41.5 Å². The number of hydrogen-bond donors (Lipinski definition) is 0. The normalized spacial score (nSPS) is 16.7. The zero-order valence-corrected chi connectivity index (χ0v) is 12.7. The number of fused-ring (bicyclic) bond motifs is 1. The molecule has 2 aromatic rings. The molecule has 0 N–H and O–H groups in total. The van der Waals surface area contributed by atoms with Crippen molar-refractivity contribution >= 4 is 17.2 Å². The molecule has 0 radical (unpaired) electrons. The molecule has 1 fully saturated rings. The predicted octanol–water partition coefficient (Wildman–Crippen LogP) is 2.82. The lowest BCUT2D eigenvalue weighted by Crippen LogP contribution is -2.36. The van der Waals surface area contributed by atoms with Gasteiger partial charge in [-0.25, -0.2) is 9.83 Å². The fourth-order valence-corrected chi connectivity index (χ4v) is 3.04. The summed E-state index contributed by atoms with van der Waals surface area (Å²) in [6.07, 6.45) is 1.84. The van der Waals surface area contributed by atoms with Crippen LogP contribution in [0.2, 0.25) is 0 Å². The first kappa shape index (κ1) is 13.9. The van der Waals surface area contributed by atoms with E-state index in [4.69, 9.17) is 11.3 Å². The highest BCUT2D eigenvalue weighted by molar-refractivity contribution is 6.15. The van der Waals surface area contributed by atoms with E-state index >= 15 is 0 Å². The Labute approximate surface area is 135 Å². The van der Waals surface area contributed by atoms with Gasteiger partial charge in [-0.1, -0.05) is 18.2 Å². The Kier molecular flexibility index (Phi) is 3.52. The fraction of sp³-hybridized carbons (Fsp3) is 0.278. The van der Waals surface area contributed by atoms with E-state index in [0.717, 1.165) is 54.5 Å². The van der Waals surface area contributed by atoms with Crippen molar-refractivity contribution in [1.29, 1.82) is 0 Å². The topological polar surface area (TPSA) is 42.1 Å². The minimum Gasteiger partial charge on any atom is -0.378 e.